The van der Waals surface area contributed by atoms with E-state index in [-0.39, 0.29) is 11.5 Å². The van der Waals surface area contributed by atoms with Crippen LogP contribution in [0.4, 0.5) is 18.9 Å². The SMILES string of the molecule is CC(C)c1ccccc1NC(=O)c1ccc(S(=O)(=O)C(F)(F)F)cc1. The van der Waals surface area contributed by atoms with Crippen LogP contribution in [-0.4, -0.2) is 19.8 Å². The molecule has 0 aliphatic carbocycles. The van der Waals surface area contributed by atoms with Crippen LogP contribution in [0.2, 0.25) is 0 Å². The smallest absolute Gasteiger partial charge is 0.322 e. The first-order valence-corrected chi connectivity index (χ1v) is 8.84. The van der Waals surface area contributed by atoms with E-state index in [1.807, 2.05) is 26.0 Å². The Morgan fingerprint density at radius 1 is 1.00 bits per heavy atom. The van der Waals surface area contributed by atoms with Gasteiger partial charge >= 0.3 is 5.51 Å². The van der Waals surface area contributed by atoms with Gasteiger partial charge in [-0.25, -0.2) is 8.42 Å². The standard InChI is InChI=1S/C17H16F3NO3S/c1-11(2)14-5-3-4-6-15(14)21-16(22)12-7-9-13(10-8-12)25(23,24)17(18,19)20/h3-11H,1-2H3,(H,21,22). The molecule has 0 aliphatic rings. The molecule has 0 heterocycles. The Morgan fingerprint density at radius 3 is 2.08 bits per heavy atom. The fourth-order valence-corrected chi connectivity index (χ4v) is 2.99. The lowest BCUT2D eigenvalue weighted by molar-refractivity contribution is -0.0436. The summed E-state index contributed by atoms with van der Waals surface area (Å²) in [4.78, 5) is 11.4. The fourth-order valence-electron chi connectivity index (χ4n) is 2.23. The van der Waals surface area contributed by atoms with Crippen molar-refractivity contribution in [2.45, 2.75) is 30.2 Å². The van der Waals surface area contributed by atoms with E-state index in [0.717, 1.165) is 29.8 Å². The normalized spacial score (nSPS) is 12.2. The van der Waals surface area contributed by atoms with Crippen molar-refractivity contribution in [1.29, 1.82) is 0 Å². The maximum absolute atomic E-state index is 12.5. The largest absolute Gasteiger partial charge is 0.501 e. The molecule has 0 saturated heterocycles. The third-order valence-electron chi connectivity index (χ3n) is 3.56. The third kappa shape index (κ3) is 4.01. The second-order valence-corrected chi connectivity index (χ2v) is 7.61. The van der Waals surface area contributed by atoms with Gasteiger partial charge in [0.15, 0.2) is 0 Å². The zero-order chi connectivity index (χ0) is 18.8. The summed E-state index contributed by atoms with van der Waals surface area (Å²) in [6.45, 7) is 3.92. The average molecular weight is 371 g/mol. The first-order chi connectivity index (χ1) is 11.5. The zero-order valence-electron chi connectivity index (χ0n) is 13.5. The highest BCUT2D eigenvalue weighted by atomic mass is 32.2. The average Bonchev–Trinajstić information content (AvgIpc) is 2.54. The van der Waals surface area contributed by atoms with E-state index in [2.05, 4.69) is 5.32 Å². The lowest BCUT2D eigenvalue weighted by atomic mass is 10.0. The number of carbonyl (C=O) groups excluding carboxylic acids is 1. The van der Waals surface area contributed by atoms with Gasteiger partial charge in [-0.15, -0.1) is 0 Å². The number of sulfone groups is 1. The highest BCUT2D eigenvalue weighted by Crippen LogP contribution is 2.30. The lowest BCUT2D eigenvalue weighted by Crippen LogP contribution is -2.23. The monoisotopic (exact) mass is 371 g/mol. The van der Waals surface area contributed by atoms with E-state index in [4.69, 9.17) is 0 Å². The third-order valence-corrected chi connectivity index (χ3v) is 5.06. The topological polar surface area (TPSA) is 63.2 Å². The van der Waals surface area contributed by atoms with Crippen molar-refractivity contribution in [3.05, 3.63) is 59.7 Å². The predicted octanol–water partition coefficient (Wildman–Crippen LogP) is 4.36. The Hall–Kier alpha value is -2.35. The van der Waals surface area contributed by atoms with Crippen molar-refractivity contribution < 1.29 is 26.4 Å². The van der Waals surface area contributed by atoms with E-state index >= 15 is 0 Å². The molecule has 2 aromatic carbocycles. The minimum Gasteiger partial charge on any atom is -0.322 e. The van der Waals surface area contributed by atoms with Crippen LogP contribution < -0.4 is 5.32 Å². The van der Waals surface area contributed by atoms with Crippen LogP contribution >= 0.6 is 0 Å². The van der Waals surface area contributed by atoms with Crippen LogP contribution in [0.1, 0.15) is 35.7 Å². The van der Waals surface area contributed by atoms with Crippen molar-refractivity contribution in [2.75, 3.05) is 5.32 Å². The molecule has 0 saturated carbocycles. The Balaban J connectivity index is 2.25. The minimum absolute atomic E-state index is 0.0553. The number of alkyl halides is 3. The van der Waals surface area contributed by atoms with Crippen LogP contribution in [0.3, 0.4) is 0 Å². The molecule has 0 bridgehead atoms. The summed E-state index contributed by atoms with van der Waals surface area (Å²) in [5.74, 6) is -0.375. The molecule has 0 radical (unpaired) electrons. The minimum atomic E-state index is -5.43. The Kier molecular flexibility index (Phi) is 5.22. The molecule has 0 fully saturated rings. The molecule has 0 aromatic heterocycles. The number of nitrogens with one attached hydrogen (secondary N) is 1. The Labute approximate surface area is 143 Å². The molecule has 2 aromatic rings. The van der Waals surface area contributed by atoms with Crippen LogP contribution in [0.25, 0.3) is 0 Å². The first-order valence-electron chi connectivity index (χ1n) is 7.35. The summed E-state index contributed by atoms with van der Waals surface area (Å²) < 4.78 is 60.2. The quantitative estimate of drug-likeness (QED) is 0.869. The molecule has 25 heavy (non-hydrogen) atoms. The van der Waals surface area contributed by atoms with Crippen molar-refractivity contribution in [3.63, 3.8) is 0 Å². The van der Waals surface area contributed by atoms with Gasteiger partial charge in [0, 0.05) is 11.3 Å². The number of para-hydroxylation sites is 1. The molecule has 1 amide bonds. The lowest BCUT2D eigenvalue weighted by Gasteiger charge is -2.14. The number of halogens is 3. The highest BCUT2D eigenvalue weighted by Gasteiger charge is 2.46. The Morgan fingerprint density at radius 2 is 1.56 bits per heavy atom. The number of anilines is 1. The molecule has 134 valence electrons. The number of hydrogen-bond acceptors (Lipinski definition) is 3. The van der Waals surface area contributed by atoms with Gasteiger partial charge in [-0.3, -0.25) is 4.79 Å². The molecule has 1 N–H and O–H groups in total. The summed E-state index contributed by atoms with van der Waals surface area (Å²) in [5.41, 5.74) is -3.83. The van der Waals surface area contributed by atoms with Gasteiger partial charge in [-0.2, -0.15) is 13.2 Å². The summed E-state index contributed by atoms with van der Waals surface area (Å²) in [5, 5.41) is 2.69. The second kappa shape index (κ2) is 6.87. The Bertz CT molecular complexity index is 873. The van der Waals surface area contributed by atoms with E-state index in [1.165, 1.54) is 0 Å². The zero-order valence-corrected chi connectivity index (χ0v) is 14.3. The maximum Gasteiger partial charge on any atom is 0.501 e. The van der Waals surface area contributed by atoms with Crippen molar-refractivity contribution in [1.82, 2.24) is 0 Å². The van der Waals surface area contributed by atoms with E-state index in [9.17, 15) is 26.4 Å². The number of rotatable bonds is 4. The molecule has 8 heteroatoms. The van der Waals surface area contributed by atoms with Crippen molar-refractivity contribution >= 4 is 21.4 Å². The molecule has 0 aliphatic heterocycles. The van der Waals surface area contributed by atoms with Crippen molar-refractivity contribution in [2.24, 2.45) is 0 Å². The highest BCUT2D eigenvalue weighted by molar-refractivity contribution is 7.92. The van der Waals surface area contributed by atoms with Gasteiger partial charge in [-0.1, -0.05) is 32.0 Å². The van der Waals surface area contributed by atoms with Gasteiger partial charge in [0.05, 0.1) is 4.90 Å². The fraction of sp³-hybridized carbons (Fsp3) is 0.235. The molecule has 0 spiro atoms. The van der Waals surface area contributed by atoms with Gasteiger partial charge in [0.1, 0.15) is 0 Å². The number of benzene rings is 2. The van der Waals surface area contributed by atoms with Gasteiger partial charge in [0.25, 0.3) is 15.7 Å². The predicted molar refractivity (Wildman–Crippen MR) is 88.2 cm³/mol. The van der Waals surface area contributed by atoms with Crippen LogP contribution in [-0.2, 0) is 9.84 Å². The van der Waals surface area contributed by atoms with Crippen LogP contribution in [0.15, 0.2) is 53.4 Å². The molecule has 0 unspecified atom stereocenters. The summed E-state index contributed by atoms with van der Waals surface area (Å²) >= 11 is 0. The van der Waals surface area contributed by atoms with E-state index in [1.54, 1.807) is 12.1 Å². The van der Waals surface area contributed by atoms with Gasteiger partial charge in [-0.05, 0) is 41.8 Å². The summed E-state index contributed by atoms with van der Waals surface area (Å²) in [6, 6.07) is 10.8. The molecular formula is C17H16F3NO3S. The number of carbonyl (C=O) groups is 1. The second-order valence-electron chi connectivity index (χ2n) is 5.67. The van der Waals surface area contributed by atoms with Gasteiger partial charge in [0.2, 0.25) is 0 Å². The molecule has 0 atom stereocenters. The first kappa shape index (κ1) is 19.0. The molecular weight excluding hydrogens is 355 g/mol. The molecule has 4 nitrogen and oxygen atoms in total. The summed E-state index contributed by atoms with van der Waals surface area (Å²) in [7, 11) is -5.43. The van der Waals surface area contributed by atoms with Crippen LogP contribution in [0, 0.1) is 0 Å². The molecule has 2 rings (SSSR count). The van der Waals surface area contributed by atoms with Gasteiger partial charge < -0.3 is 5.32 Å². The van der Waals surface area contributed by atoms with Crippen molar-refractivity contribution in [3.8, 4) is 0 Å². The maximum atomic E-state index is 12.5. The van der Waals surface area contributed by atoms with Crippen LogP contribution in [0.5, 0.6) is 0 Å². The van der Waals surface area contributed by atoms with E-state index < -0.39 is 26.1 Å². The number of hydrogen-bond donors (Lipinski definition) is 1. The van der Waals surface area contributed by atoms with E-state index in [0.29, 0.717) is 5.69 Å². The number of amides is 1. The summed E-state index contributed by atoms with van der Waals surface area (Å²) in [6.07, 6.45) is 0.